The SMILES string of the molecule is CCCCCCO.CN1CC2CN(C)CC2C1.Nc1nc(N)c2c(cnn2Cc2ccc(C=O)cc2OC(F)F)n1. The highest BCUT2D eigenvalue weighted by molar-refractivity contribution is 5.85. The van der Waals surface area contributed by atoms with E-state index in [0.717, 1.165) is 18.3 Å². The summed E-state index contributed by atoms with van der Waals surface area (Å²) in [5.41, 5.74) is 12.8. The van der Waals surface area contributed by atoms with Crippen LogP contribution in [-0.2, 0) is 6.54 Å². The molecule has 5 N–H and O–H groups in total. The number of halogens is 2. The first-order chi connectivity index (χ1) is 19.6. The van der Waals surface area contributed by atoms with E-state index < -0.39 is 6.61 Å². The highest BCUT2D eigenvalue weighted by atomic mass is 19.3. The fourth-order valence-electron chi connectivity index (χ4n) is 5.31. The maximum Gasteiger partial charge on any atom is 0.387 e. The molecular formula is C28H42F2N8O3. The molecule has 2 aliphatic heterocycles. The summed E-state index contributed by atoms with van der Waals surface area (Å²) in [6, 6.07) is 4.23. The van der Waals surface area contributed by atoms with Gasteiger partial charge in [0.2, 0.25) is 5.95 Å². The van der Waals surface area contributed by atoms with Crippen LogP contribution in [0.25, 0.3) is 11.0 Å². The van der Waals surface area contributed by atoms with Crippen LogP contribution >= 0.6 is 0 Å². The lowest BCUT2D eigenvalue weighted by molar-refractivity contribution is -0.0505. The number of benzene rings is 1. The maximum atomic E-state index is 12.6. The van der Waals surface area contributed by atoms with Crippen molar-refractivity contribution in [1.82, 2.24) is 29.5 Å². The van der Waals surface area contributed by atoms with Crippen LogP contribution in [0.1, 0.15) is 48.5 Å². The number of alkyl halides is 2. The van der Waals surface area contributed by atoms with E-state index in [2.05, 4.69) is 50.6 Å². The minimum Gasteiger partial charge on any atom is -0.434 e. The second-order valence-electron chi connectivity index (χ2n) is 10.6. The number of rotatable bonds is 9. The molecule has 0 spiro atoms. The number of aliphatic hydroxyl groups excluding tert-OH is 1. The zero-order chi connectivity index (χ0) is 29.9. The third-order valence-corrected chi connectivity index (χ3v) is 7.16. The van der Waals surface area contributed by atoms with Gasteiger partial charge in [-0.1, -0.05) is 38.3 Å². The van der Waals surface area contributed by atoms with Crippen molar-refractivity contribution < 1.29 is 23.4 Å². The molecule has 41 heavy (non-hydrogen) atoms. The van der Waals surface area contributed by atoms with Crippen LogP contribution in [0.5, 0.6) is 5.75 Å². The van der Waals surface area contributed by atoms with E-state index in [1.807, 2.05) is 0 Å². The lowest BCUT2D eigenvalue weighted by atomic mass is 10.0. The molecule has 4 heterocycles. The van der Waals surface area contributed by atoms with Crippen molar-refractivity contribution in [1.29, 1.82) is 0 Å². The number of aromatic nitrogens is 4. The highest BCUT2D eigenvalue weighted by Crippen LogP contribution is 2.29. The van der Waals surface area contributed by atoms with E-state index in [4.69, 9.17) is 16.6 Å². The Morgan fingerprint density at radius 2 is 1.73 bits per heavy atom. The Bertz CT molecular complexity index is 1230. The van der Waals surface area contributed by atoms with Gasteiger partial charge in [-0.2, -0.15) is 18.9 Å². The lowest BCUT2D eigenvalue weighted by Crippen LogP contribution is -2.23. The molecule has 0 amide bonds. The minimum absolute atomic E-state index is 0.0107. The first-order valence-corrected chi connectivity index (χ1v) is 13.9. The maximum absolute atomic E-state index is 12.6. The number of nitrogen functional groups attached to an aromatic ring is 2. The molecule has 226 valence electrons. The van der Waals surface area contributed by atoms with Gasteiger partial charge in [0.1, 0.15) is 23.1 Å². The molecule has 2 aliphatic rings. The van der Waals surface area contributed by atoms with Crippen LogP contribution in [0.3, 0.4) is 0 Å². The minimum atomic E-state index is -3.02. The van der Waals surface area contributed by atoms with Gasteiger partial charge in [-0.25, -0.2) is 4.98 Å². The van der Waals surface area contributed by atoms with Gasteiger partial charge in [0, 0.05) is 43.9 Å². The predicted octanol–water partition coefficient (Wildman–Crippen LogP) is 3.12. The number of anilines is 2. The molecule has 2 saturated heterocycles. The summed E-state index contributed by atoms with van der Waals surface area (Å²) < 4.78 is 31.1. The molecule has 0 bridgehead atoms. The number of nitrogens with zero attached hydrogens (tertiary/aromatic N) is 6. The fraction of sp³-hybridized carbons (Fsp3) is 0.571. The number of nitrogens with two attached hydrogens (primary N) is 2. The molecular weight excluding hydrogens is 534 g/mol. The molecule has 11 nitrogen and oxygen atoms in total. The summed E-state index contributed by atoms with van der Waals surface area (Å²) >= 11 is 0. The molecule has 0 unspecified atom stereocenters. The van der Waals surface area contributed by atoms with Gasteiger partial charge < -0.3 is 31.1 Å². The van der Waals surface area contributed by atoms with E-state index in [-0.39, 0.29) is 29.6 Å². The monoisotopic (exact) mass is 576 g/mol. The van der Waals surface area contributed by atoms with Gasteiger partial charge in [-0.3, -0.25) is 9.48 Å². The van der Waals surface area contributed by atoms with Crippen LogP contribution in [0.15, 0.2) is 24.4 Å². The number of hydrogen-bond donors (Lipinski definition) is 3. The molecule has 3 aromatic rings. The lowest BCUT2D eigenvalue weighted by Gasteiger charge is -2.12. The molecule has 13 heteroatoms. The number of hydrogen-bond acceptors (Lipinski definition) is 10. The quantitative estimate of drug-likeness (QED) is 0.256. The first-order valence-electron chi connectivity index (χ1n) is 13.9. The van der Waals surface area contributed by atoms with Crippen LogP contribution in [0.2, 0.25) is 0 Å². The summed E-state index contributed by atoms with van der Waals surface area (Å²) in [5, 5.41) is 12.4. The number of carbonyl (C=O) groups is 1. The average molecular weight is 577 g/mol. The van der Waals surface area contributed by atoms with Crippen molar-refractivity contribution in [2.24, 2.45) is 11.8 Å². The number of aldehydes is 1. The van der Waals surface area contributed by atoms with Gasteiger partial charge in [-0.05, 0) is 38.4 Å². The van der Waals surface area contributed by atoms with Crippen molar-refractivity contribution >= 4 is 29.1 Å². The number of unbranched alkanes of at least 4 members (excludes halogenated alkanes) is 3. The zero-order valence-electron chi connectivity index (χ0n) is 24.0. The average Bonchev–Trinajstić information content (AvgIpc) is 3.58. The zero-order valence-corrected chi connectivity index (χ0v) is 24.0. The van der Waals surface area contributed by atoms with Gasteiger partial charge >= 0.3 is 6.61 Å². The van der Waals surface area contributed by atoms with Crippen molar-refractivity contribution in [2.45, 2.75) is 45.8 Å². The van der Waals surface area contributed by atoms with Crippen LogP contribution in [0, 0.1) is 11.8 Å². The number of carbonyl (C=O) groups excluding carboxylic acids is 1. The van der Waals surface area contributed by atoms with E-state index in [1.165, 1.54) is 74.5 Å². The van der Waals surface area contributed by atoms with Crippen molar-refractivity contribution in [3.05, 3.63) is 35.5 Å². The fourth-order valence-corrected chi connectivity index (χ4v) is 5.31. The summed E-state index contributed by atoms with van der Waals surface area (Å²) in [4.78, 5) is 23.6. The Hall–Kier alpha value is -3.42. The number of ether oxygens (including phenoxy) is 1. The molecule has 2 fully saturated rings. The largest absolute Gasteiger partial charge is 0.434 e. The molecule has 0 radical (unpaired) electrons. The van der Waals surface area contributed by atoms with Crippen LogP contribution in [0.4, 0.5) is 20.5 Å². The molecule has 1 aromatic carbocycles. The Kier molecular flexibility index (Phi) is 12.2. The number of aliphatic hydroxyl groups is 1. The van der Waals surface area contributed by atoms with Gasteiger partial charge in [0.05, 0.1) is 12.7 Å². The molecule has 0 saturated carbocycles. The highest BCUT2D eigenvalue weighted by Gasteiger charge is 2.36. The van der Waals surface area contributed by atoms with Crippen LogP contribution in [-0.4, -0.2) is 94.4 Å². The summed E-state index contributed by atoms with van der Waals surface area (Å²) in [7, 11) is 4.47. The molecule has 0 aliphatic carbocycles. The predicted molar refractivity (Wildman–Crippen MR) is 155 cm³/mol. The number of fused-ring (bicyclic) bond motifs is 2. The third-order valence-electron chi connectivity index (χ3n) is 7.16. The third kappa shape index (κ3) is 9.30. The molecule has 5 rings (SSSR count). The van der Waals surface area contributed by atoms with Gasteiger partial charge in [0.15, 0.2) is 5.82 Å². The van der Waals surface area contributed by atoms with E-state index in [1.54, 1.807) is 0 Å². The van der Waals surface area contributed by atoms with Crippen molar-refractivity contribution in [3.8, 4) is 5.75 Å². The Morgan fingerprint density at radius 1 is 1.07 bits per heavy atom. The second-order valence-corrected chi connectivity index (χ2v) is 10.6. The van der Waals surface area contributed by atoms with Gasteiger partial charge in [0.25, 0.3) is 0 Å². The molecule has 2 aromatic heterocycles. The van der Waals surface area contributed by atoms with Gasteiger partial charge in [-0.15, -0.1) is 0 Å². The Morgan fingerprint density at radius 3 is 2.29 bits per heavy atom. The smallest absolute Gasteiger partial charge is 0.387 e. The molecule has 0 atom stereocenters. The second kappa shape index (κ2) is 15.5. The standard InChI is InChI=1S/C14H12F2N6O2.C8H16N2.C6H14O/c15-13(16)24-10-3-7(6-23)1-2-8(10)5-22-11-9(4-19-22)20-14(18)21-12(11)17;1-9-3-7-5-10(2)6-8(7)4-9;1-2-3-4-5-6-7/h1-4,6,13H,5H2,(H4,17,18,20,21);7-8H,3-6H2,1-2H3;7H,2-6H2,1H3. The first kappa shape index (κ1) is 32.1. The topological polar surface area (TPSA) is 149 Å². The van der Waals surface area contributed by atoms with Crippen molar-refractivity contribution in [3.63, 3.8) is 0 Å². The number of likely N-dealkylation sites (tertiary alicyclic amines) is 2. The Labute approximate surface area is 239 Å². The van der Waals surface area contributed by atoms with E-state index in [9.17, 15) is 13.6 Å². The van der Waals surface area contributed by atoms with Crippen LogP contribution < -0.4 is 16.2 Å². The van der Waals surface area contributed by atoms with E-state index >= 15 is 0 Å². The Balaban J connectivity index is 0.000000222. The summed E-state index contributed by atoms with van der Waals surface area (Å²) in [6.07, 6.45) is 6.67. The summed E-state index contributed by atoms with van der Waals surface area (Å²) in [6.45, 7) is 4.89. The van der Waals surface area contributed by atoms with Crippen molar-refractivity contribution in [2.75, 3.05) is 58.3 Å². The summed E-state index contributed by atoms with van der Waals surface area (Å²) in [5.74, 6) is 1.98. The normalized spacial score (nSPS) is 18.5. The van der Waals surface area contributed by atoms with E-state index in [0.29, 0.717) is 29.5 Å².